The smallest absolute Gasteiger partial charge is 0.130 e. The maximum absolute atomic E-state index is 9.67. The van der Waals surface area contributed by atoms with Gasteiger partial charge in [-0.3, -0.25) is 5.32 Å². The molecule has 18 heavy (non-hydrogen) atoms. The molecule has 3 rings (SSSR count). The molecule has 0 spiro atoms. The quantitative estimate of drug-likeness (QED) is 0.850. The van der Waals surface area contributed by atoms with Gasteiger partial charge in [0.1, 0.15) is 5.75 Å². The molecule has 3 nitrogen and oxygen atoms in total. The number of hydrogen-bond acceptors (Lipinski definition) is 3. The molecule has 0 saturated carbocycles. The van der Waals surface area contributed by atoms with Crippen molar-refractivity contribution in [3.8, 4) is 5.75 Å². The van der Waals surface area contributed by atoms with Gasteiger partial charge in [0.2, 0.25) is 0 Å². The number of phenolic OH excluding ortho intramolecular Hbond substituents is 1. The molecule has 0 radical (unpaired) electrons. The zero-order valence-electron chi connectivity index (χ0n) is 10.0. The Kier molecular flexibility index (Phi) is 2.81. The Morgan fingerprint density at radius 3 is 2.89 bits per heavy atom. The first-order chi connectivity index (χ1) is 8.60. The van der Waals surface area contributed by atoms with Crippen LogP contribution in [0.4, 0.5) is 0 Å². The van der Waals surface area contributed by atoms with Crippen LogP contribution in [-0.4, -0.2) is 18.4 Å². The fourth-order valence-corrected chi connectivity index (χ4v) is 2.82. The van der Waals surface area contributed by atoms with Gasteiger partial charge in [0, 0.05) is 0 Å². The normalized spacial score (nSPS) is 23.7. The number of aromatic hydroxyl groups is 1. The Hall–Kier alpha value is -1.10. The molecule has 1 fully saturated rings. The second kappa shape index (κ2) is 4.23. The highest BCUT2D eigenvalue weighted by Gasteiger charge is 2.31. The third-order valence-corrected chi connectivity index (χ3v) is 4.36. The zero-order chi connectivity index (χ0) is 12.8. The van der Waals surface area contributed by atoms with E-state index in [0.29, 0.717) is 13.3 Å². The first kappa shape index (κ1) is 12.0. The fourth-order valence-electron chi connectivity index (χ4n) is 2.33. The van der Waals surface area contributed by atoms with Crippen LogP contribution < -0.4 is 5.32 Å². The Morgan fingerprint density at radius 2 is 2.17 bits per heavy atom. The molecule has 94 valence electrons. The summed E-state index contributed by atoms with van der Waals surface area (Å²) >= 11 is 3.41. The zero-order valence-corrected chi connectivity index (χ0v) is 11.6. The van der Waals surface area contributed by atoms with Crippen LogP contribution in [0.1, 0.15) is 12.5 Å². The van der Waals surface area contributed by atoms with Crippen LogP contribution in [0.5, 0.6) is 5.75 Å². The molecule has 1 saturated heterocycles. The van der Waals surface area contributed by atoms with Gasteiger partial charge in [-0.1, -0.05) is 18.2 Å². The number of phenols is 1. The van der Waals surface area contributed by atoms with Crippen molar-refractivity contribution >= 4 is 26.7 Å². The van der Waals surface area contributed by atoms with E-state index in [4.69, 9.17) is 4.74 Å². The van der Waals surface area contributed by atoms with Gasteiger partial charge in [-0.15, -0.1) is 0 Å². The third-order valence-electron chi connectivity index (χ3n) is 3.53. The summed E-state index contributed by atoms with van der Waals surface area (Å²) in [5.74, 6) is 0.267. The number of nitrogens with one attached hydrogen (secondary N) is 1. The van der Waals surface area contributed by atoms with Gasteiger partial charge in [0.15, 0.2) is 0 Å². The molecule has 2 N–H and O–H groups in total. The minimum absolute atomic E-state index is 0.126. The lowest BCUT2D eigenvalue weighted by molar-refractivity contribution is 0.179. The number of rotatable bonds is 1. The van der Waals surface area contributed by atoms with Crippen LogP contribution in [-0.2, 0) is 10.3 Å². The summed E-state index contributed by atoms with van der Waals surface area (Å²) < 4.78 is 6.15. The second-order valence-electron chi connectivity index (χ2n) is 4.84. The largest absolute Gasteiger partial charge is 0.507 e. The minimum Gasteiger partial charge on any atom is -0.507 e. The number of benzene rings is 2. The van der Waals surface area contributed by atoms with Gasteiger partial charge in [-0.05, 0) is 51.3 Å². The van der Waals surface area contributed by atoms with Crippen LogP contribution in [0.25, 0.3) is 10.8 Å². The lowest BCUT2D eigenvalue weighted by Crippen LogP contribution is -2.35. The molecular weight excluding hydrogens is 294 g/mol. The van der Waals surface area contributed by atoms with Crippen LogP contribution in [0.3, 0.4) is 0 Å². The molecule has 0 aliphatic carbocycles. The van der Waals surface area contributed by atoms with E-state index in [1.807, 2.05) is 12.1 Å². The molecule has 2 aromatic carbocycles. The van der Waals surface area contributed by atoms with Gasteiger partial charge in [-0.25, -0.2) is 0 Å². The number of fused-ring (bicyclic) bond motifs is 1. The third kappa shape index (κ3) is 1.81. The average molecular weight is 308 g/mol. The molecule has 1 atom stereocenters. The van der Waals surface area contributed by atoms with E-state index in [-0.39, 0.29) is 11.3 Å². The summed E-state index contributed by atoms with van der Waals surface area (Å²) in [6, 6.07) is 9.88. The fraction of sp³-hybridized carbons (Fsp3) is 0.286. The number of halogens is 1. The Labute approximate surface area is 114 Å². The highest BCUT2D eigenvalue weighted by Crippen LogP contribution is 2.34. The van der Waals surface area contributed by atoms with Crippen LogP contribution >= 0.6 is 15.9 Å². The summed E-state index contributed by atoms with van der Waals surface area (Å²) in [6.45, 7) is 3.40. The van der Waals surface area contributed by atoms with E-state index in [9.17, 15) is 5.11 Å². The molecule has 1 heterocycles. The van der Waals surface area contributed by atoms with Gasteiger partial charge in [0.05, 0.1) is 23.3 Å². The van der Waals surface area contributed by atoms with Crippen LogP contribution in [0, 0.1) is 0 Å². The van der Waals surface area contributed by atoms with Crippen molar-refractivity contribution in [2.45, 2.75) is 12.5 Å². The van der Waals surface area contributed by atoms with E-state index in [1.54, 1.807) is 6.07 Å². The van der Waals surface area contributed by atoms with Crippen molar-refractivity contribution < 1.29 is 9.84 Å². The van der Waals surface area contributed by atoms with E-state index in [1.165, 1.54) is 5.56 Å². The molecule has 2 aromatic rings. The molecule has 4 heteroatoms. The van der Waals surface area contributed by atoms with Gasteiger partial charge >= 0.3 is 0 Å². The molecule has 0 aromatic heterocycles. The van der Waals surface area contributed by atoms with E-state index in [0.717, 1.165) is 15.2 Å². The molecule has 0 bridgehead atoms. The summed E-state index contributed by atoms with van der Waals surface area (Å²) in [6.07, 6.45) is 0. The van der Waals surface area contributed by atoms with Crippen molar-refractivity contribution in [2.75, 3.05) is 13.3 Å². The summed E-state index contributed by atoms with van der Waals surface area (Å²) in [4.78, 5) is 0. The van der Waals surface area contributed by atoms with Gasteiger partial charge in [0.25, 0.3) is 0 Å². The van der Waals surface area contributed by atoms with Gasteiger partial charge < -0.3 is 9.84 Å². The lowest BCUT2D eigenvalue weighted by atomic mass is 9.92. The highest BCUT2D eigenvalue weighted by atomic mass is 79.9. The monoisotopic (exact) mass is 307 g/mol. The Bertz CT molecular complexity index is 606. The molecule has 1 aliphatic heterocycles. The maximum atomic E-state index is 9.67. The lowest BCUT2D eigenvalue weighted by Gasteiger charge is -2.23. The molecule has 0 unspecified atom stereocenters. The van der Waals surface area contributed by atoms with Crippen LogP contribution in [0.2, 0.25) is 0 Å². The van der Waals surface area contributed by atoms with Crippen molar-refractivity contribution in [3.63, 3.8) is 0 Å². The first-order valence-corrected chi connectivity index (χ1v) is 6.64. The van der Waals surface area contributed by atoms with Crippen LogP contribution in [0.15, 0.2) is 34.8 Å². The number of hydrogen-bond donors (Lipinski definition) is 2. The van der Waals surface area contributed by atoms with Gasteiger partial charge in [-0.2, -0.15) is 0 Å². The second-order valence-corrected chi connectivity index (χ2v) is 5.63. The summed E-state index contributed by atoms with van der Waals surface area (Å²) in [5.41, 5.74) is 1.07. The Balaban J connectivity index is 2.15. The number of ether oxygens (including phenoxy) is 1. The van der Waals surface area contributed by atoms with E-state index >= 15 is 0 Å². The van der Waals surface area contributed by atoms with E-state index < -0.39 is 0 Å². The average Bonchev–Trinajstić information content (AvgIpc) is 2.82. The Morgan fingerprint density at radius 1 is 1.33 bits per heavy atom. The van der Waals surface area contributed by atoms with Crippen molar-refractivity contribution in [1.82, 2.24) is 5.32 Å². The topological polar surface area (TPSA) is 41.5 Å². The van der Waals surface area contributed by atoms with Crippen molar-refractivity contribution in [1.29, 1.82) is 0 Å². The highest BCUT2D eigenvalue weighted by molar-refractivity contribution is 9.10. The predicted molar refractivity (Wildman–Crippen MR) is 74.6 cm³/mol. The molecule has 0 amide bonds. The standard InChI is InChI=1S/C14H14BrNO2/c1-14(7-18-8-16-14)10-3-4-11-9(6-10)2-5-12(17)13(11)15/h2-6,16-17H,7-8H2,1H3/t14-/m0/s1. The van der Waals surface area contributed by atoms with Crippen molar-refractivity contribution in [2.24, 2.45) is 0 Å². The summed E-state index contributed by atoms with van der Waals surface area (Å²) in [7, 11) is 0. The summed E-state index contributed by atoms with van der Waals surface area (Å²) in [5, 5.41) is 15.1. The SMILES string of the molecule is C[C@@]1(c2ccc3c(Br)c(O)ccc3c2)COCN1. The first-order valence-electron chi connectivity index (χ1n) is 5.85. The molecular formula is C14H14BrNO2. The van der Waals surface area contributed by atoms with Crippen molar-refractivity contribution in [3.05, 3.63) is 40.4 Å². The maximum Gasteiger partial charge on any atom is 0.130 e. The minimum atomic E-state index is -0.126. The van der Waals surface area contributed by atoms with E-state index in [2.05, 4.69) is 40.3 Å². The molecule has 1 aliphatic rings. The predicted octanol–water partition coefficient (Wildman–Crippen LogP) is 3.10.